The molecule has 0 amide bonds. The summed E-state index contributed by atoms with van der Waals surface area (Å²) in [6.45, 7) is 1.92. The van der Waals surface area contributed by atoms with Gasteiger partial charge in [-0.3, -0.25) is 4.79 Å². The van der Waals surface area contributed by atoms with Crippen molar-refractivity contribution in [3.05, 3.63) is 41.3 Å². The number of furan rings is 1. The molecular formula is C15H13F3N4O2. The van der Waals surface area contributed by atoms with Crippen molar-refractivity contribution in [3.8, 4) is 0 Å². The Labute approximate surface area is 134 Å². The summed E-state index contributed by atoms with van der Waals surface area (Å²) in [5.74, 6) is -0.942. The van der Waals surface area contributed by atoms with Crippen molar-refractivity contribution in [1.82, 2.24) is 14.8 Å². The van der Waals surface area contributed by atoms with Gasteiger partial charge in [0.1, 0.15) is 11.8 Å². The van der Waals surface area contributed by atoms with Gasteiger partial charge < -0.3 is 9.73 Å². The lowest BCUT2D eigenvalue weighted by molar-refractivity contribution is -0.145. The molecule has 1 N–H and O–H groups in total. The summed E-state index contributed by atoms with van der Waals surface area (Å²) in [5.41, 5.74) is 0.989. The van der Waals surface area contributed by atoms with Crippen LogP contribution in [0.3, 0.4) is 0 Å². The van der Waals surface area contributed by atoms with Gasteiger partial charge in [-0.1, -0.05) is 6.92 Å². The molecule has 0 saturated carbocycles. The Kier molecular flexibility index (Phi) is 3.09. The fourth-order valence-corrected chi connectivity index (χ4v) is 3.24. The van der Waals surface area contributed by atoms with Gasteiger partial charge >= 0.3 is 6.18 Å². The van der Waals surface area contributed by atoms with E-state index >= 15 is 0 Å². The number of carbonyl (C=O) groups is 1. The van der Waals surface area contributed by atoms with Crippen LogP contribution in [0.4, 0.5) is 19.1 Å². The summed E-state index contributed by atoms with van der Waals surface area (Å²) in [5, 5.41) is 6.43. The summed E-state index contributed by atoms with van der Waals surface area (Å²) in [4.78, 5) is 16.1. The van der Waals surface area contributed by atoms with Gasteiger partial charge in [-0.25, -0.2) is 4.68 Å². The van der Waals surface area contributed by atoms with E-state index in [0.29, 0.717) is 29.9 Å². The quantitative estimate of drug-likeness (QED) is 0.865. The molecule has 3 heterocycles. The molecule has 0 spiro atoms. The van der Waals surface area contributed by atoms with E-state index in [0.717, 1.165) is 4.68 Å². The van der Waals surface area contributed by atoms with Gasteiger partial charge in [0.2, 0.25) is 5.95 Å². The number of anilines is 1. The average Bonchev–Trinajstić information content (AvgIpc) is 3.13. The van der Waals surface area contributed by atoms with Gasteiger partial charge in [0.05, 0.1) is 6.26 Å². The second-order valence-corrected chi connectivity index (χ2v) is 6.07. The number of hydrogen-bond donors (Lipinski definition) is 1. The third kappa shape index (κ3) is 2.22. The maximum absolute atomic E-state index is 13.0. The van der Waals surface area contributed by atoms with Crippen LogP contribution in [0, 0.1) is 5.92 Å². The number of nitrogens with one attached hydrogen (secondary N) is 1. The molecule has 24 heavy (non-hydrogen) atoms. The molecule has 0 radical (unpaired) electrons. The summed E-state index contributed by atoms with van der Waals surface area (Å²) >= 11 is 0. The van der Waals surface area contributed by atoms with Crippen LogP contribution in [-0.4, -0.2) is 20.5 Å². The van der Waals surface area contributed by atoms with E-state index < -0.39 is 18.0 Å². The number of ketones is 1. The molecule has 0 bridgehead atoms. The average molecular weight is 338 g/mol. The summed E-state index contributed by atoms with van der Waals surface area (Å²) < 4.78 is 45.4. The number of Topliss-reactive ketones (excluding diaryl/α,β-unsaturated/α-hetero) is 1. The zero-order valence-corrected chi connectivity index (χ0v) is 12.6. The molecule has 2 aromatic rings. The third-order valence-corrected chi connectivity index (χ3v) is 4.19. The summed E-state index contributed by atoms with van der Waals surface area (Å²) in [7, 11) is 0. The molecule has 0 fully saturated rings. The number of nitrogens with zero attached hydrogens (tertiary/aromatic N) is 3. The van der Waals surface area contributed by atoms with E-state index in [2.05, 4.69) is 15.4 Å². The topological polar surface area (TPSA) is 73.0 Å². The molecule has 4 rings (SSSR count). The molecule has 2 aromatic heterocycles. The predicted molar refractivity (Wildman–Crippen MR) is 75.9 cm³/mol. The first kappa shape index (κ1) is 15.0. The molecule has 1 aliphatic carbocycles. The van der Waals surface area contributed by atoms with Crippen LogP contribution in [0.1, 0.15) is 37.4 Å². The van der Waals surface area contributed by atoms with Crippen molar-refractivity contribution < 1.29 is 22.4 Å². The van der Waals surface area contributed by atoms with Crippen LogP contribution in [0.25, 0.3) is 0 Å². The van der Waals surface area contributed by atoms with Crippen molar-refractivity contribution in [2.75, 3.05) is 5.32 Å². The Morgan fingerprint density at radius 1 is 1.38 bits per heavy atom. The highest BCUT2D eigenvalue weighted by molar-refractivity contribution is 5.99. The molecule has 0 saturated heterocycles. The fraction of sp³-hybridized carbons (Fsp3) is 0.400. The number of rotatable bonds is 1. The molecule has 2 atom stereocenters. The van der Waals surface area contributed by atoms with Gasteiger partial charge in [-0.2, -0.15) is 18.2 Å². The molecule has 1 aliphatic heterocycles. The lowest BCUT2D eigenvalue weighted by atomic mass is 9.82. The smallest absolute Gasteiger partial charge is 0.453 e. The Hall–Kier alpha value is -2.58. The number of halogens is 3. The van der Waals surface area contributed by atoms with Crippen molar-refractivity contribution >= 4 is 11.7 Å². The zero-order chi connectivity index (χ0) is 17.1. The standard InChI is InChI=1S/C15H13F3N4O2/c1-7-5-8-11(9(23)6-7)12(10-3-2-4-24-10)22-14(19-8)20-13(21-22)15(16,17)18/h2-4,7,12H,5-6H2,1H3,(H,19,20,21)/t7-,12+/m1/s1. The molecule has 9 heteroatoms. The summed E-state index contributed by atoms with van der Waals surface area (Å²) in [6.07, 6.45) is -2.35. The van der Waals surface area contributed by atoms with Crippen molar-refractivity contribution in [1.29, 1.82) is 0 Å². The SMILES string of the molecule is C[C@H]1CC(=O)C2=C(C1)Nc1nc(C(F)(F)F)nn1[C@H]2c1ccco1. The number of allylic oxidation sites excluding steroid dienone is 2. The largest absolute Gasteiger partial charge is 0.467 e. The zero-order valence-electron chi connectivity index (χ0n) is 12.6. The number of carbonyl (C=O) groups excluding carboxylic acids is 1. The van der Waals surface area contributed by atoms with Gasteiger partial charge in [-0.15, -0.1) is 5.10 Å². The van der Waals surface area contributed by atoms with Gasteiger partial charge in [0.15, 0.2) is 5.78 Å². The number of hydrogen-bond acceptors (Lipinski definition) is 5. The van der Waals surface area contributed by atoms with Crippen molar-refractivity contribution in [3.63, 3.8) is 0 Å². The third-order valence-electron chi connectivity index (χ3n) is 4.19. The molecule has 0 unspecified atom stereocenters. The highest BCUT2D eigenvalue weighted by atomic mass is 19.4. The van der Waals surface area contributed by atoms with Crippen LogP contribution < -0.4 is 5.32 Å². The lowest BCUT2D eigenvalue weighted by Gasteiger charge is -2.32. The Bertz CT molecular complexity index is 836. The highest BCUT2D eigenvalue weighted by Crippen LogP contribution is 2.42. The Morgan fingerprint density at radius 3 is 2.83 bits per heavy atom. The number of aromatic nitrogens is 3. The van der Waals surface area contributed by atoms with Crippen LogP contribution in [0.2, 0.25) is 0 Å². The maximum Gasteiger partial charge on any atom is 0.453 e. The van der Waals surface area contributed by atoms with E-state index in [9.17, 15) is 18.0 Å². The minimum Gasteiger partial charge on any atom is -0.467 e. The normalized spacial score (nSPS) is 23.8. The Balaban J connectivity index is 1.90. The van der Waals surface area contributed by atoms with E-state index in [1.807, 2.05) is 6.92 Å². The number of fused-ring (bicyclic) bond motifs is 1. The maximum atomic E-state index is 13.0. The first-order valence-electron chi connectivity index (χ1n) is 7.45. The first-order chi connectivity index (χ1) is 11.3. The minimum absolute atomic E-state index is 0.0376. The second-order valence-electron chi connectivity index (χ2n) is 6.07. The first-order valence-corrected chi connectivity index (χ1v) is 7.45. The van der Waals surface area contributed by atoms with Gasteiger partial charge in [0.25, 0.3) is 5.82 Å². The minimum atomic E-state index is -4.67. The van der Waals surface area contributed by atoms with Crippen LogP contribution in [0.5, 0.6) is 0 Å². The summed E-state index contributed by atoms with van der Waals surface area (Å²) in [6, 6.07) is 2.40. The highest BCUT2D eigenvalue weighted by Gasteiger charge is 2.43. The van der Waals surface area contributed by atoms with E-state index in [-0.39, 0.29) is 17.6 Å². The fourth-order valence-electron chi connectivity index (χ4n) is 3.24. The predicted octanol–water partition coefficient (Wildman–Crippen LogP) is 3.16. The van der Waals surface area contributed by atoms with Crippen LogP contribution in [0.15, 0.2) is 34.1 Å². The second kappa shape index (κ2) is 4.96. The van der Waals surface area contributed by atoms with Crippen LogP contribution in [-0.2, 0) is 11.0 Å². The lowest BCUT2D eigenvalue weighted by Crippen LogP contribution is -2.33. The van der Waals surface area contributed by atoms with Gasteiger partial charge in [-0.05, 0) is 24.5 Å². The molecule has 0 aromatic carbocycles. The van der Waals surface area contributed by atoms with Gasteiger partial charge in [0, 0.05) is 17.7 Å². The van der Waals surface area contributed by atoms with Crippen molar-refractivity contribution in [2.24, 2.45) is 5.92 Å². The monoisotopic (exact) mass is 338 g/mol. The van der Waals surface area contributed by atoms with E-state index in [1.54, 1.807) is 12.1 Å². The van der Waals surface area contributed by atoms with Crippen molar-refractivity contribution in [2.45, 2.75) is 32.0 Å². The molecule has 2 aliphatic rings. The van der Waals surface area contributed by atoms with E-state index in [1.165, 1.54) is 6.26 Å². The molecule has 126 valence electrons. The Morgan fingerprint density at radius 2 is 2.17 bits per heavy atom. The molecular weight excluding hydrogens is 325 g/mol. The molecule has 6 nitrogen and oxygen atoms in total. The van der Waals surface area contributed by atoms with Crippen LogP contribution >= 0.6 is 0 Å². The van der Waals surface area contributed by atoms with E-state index in [4.69, 9.17) is 4.42 Å². The number of alkyl halides is 3.